The first-order chi connectivity index (χ1) is 23.0. The van der Waals surface area contributed by atoms with Gasteiger partial charge in [0, 0.05) is 50.3 Å². The quantitative estimate of drug-likeness (QED) is 0.209. The number of imidazole rings is 1. The molecule has 0 atom stereocenters. The van der Waals surface area contributed by atoms with Crippen molar-refractivity contribution in [3.05, 3.63) is 108 Å². The highest BCUT2D eigenvalue weighted by atomic mass is 35.5. The van der Waals surface area contributed by atoms with E-state index in [0.29, 0.717) is 49.8 Å². The number of pyridine rings is 1. The second kappa shape index (κ2) is 13.3. The van der Waals surface area contributed by atoms with Crippen molar-refractivity contribution in [1.29, 1.82) is 0 Å². The van der Waals surface area contributed by atoms with Crippen LogP contribution in [0.2, 0.25) is 0 Å². The van der Waals surface area contributed by atoms with Gasteiger partial charge in [0.2, 0.25) is 12.5 Å². The molecule has 8 nitrogen and oxygen atoms in total. The lowest BCUT2D eigenvalue weighted by molar-refractivity contribution is -0.686. The van der Waals surface area contributed by atoms with Gasteiger partial charge in [-0.15, -0.1) is 0 Å². The summed E-state index contributed by atoms with van der Waals surface area (Å²) in [5, 5.41) is 1.97. The van der Waals surface area contributed by atoms with Crippen LogP contribution < -0.4 is 35.9 Å². The van der Waals surface area contributed by atoms with Gasteiger partial charge in [-0.2, -0.15) is 4.57 Å². The molecule has 0 aliphatic carbocycles. The number of benzene rings is 4. The van der Waals surface area contributed by atoms with Gasteiger partial charge in [-0.25, -0.2) is 13.8 Å². The number of hydrogen-bond donors (Lipinski definition) is 0. The van der Waals surface area contributed by atoms with Crippen molar-refractivity contribution < 1.29 is 44.7 Å². The standard InChI is InChI=1S/C37H33F2N4O4.ClH/c1-44-34-9-7-24-16-33-28-19-36-35(46-23-47-36)17-25(28)10-11-42(33)21-29(24)37(34)45-15-14-41(20-26-6-8-27(38)18-30(26)39)12-13-43-22-40-31-4-2-3-5-32(31)43;/h2-9,16-19,21-22H,10-15,20,23H2,1H3;1H/q+1;/p-1. The Kier molecular flexibility index (Phi) is 8.77. The van der Waals surface area contributed by atoms with Gasteiger partial charge < -0.3 is 35.9 Å². The second-order valence-electron chi connectivity index (χ2n) is 11.9. The molecule has 4 heterocycles. The van der Waals surface area contributed by atoms with Gasteiger partial charge in [0.25, 0.3) is 0 Å². The number of ether oxygens (including phenoxy) is 4. The van der Waals surface area contributed by atoms with E-state index in [9.17, 15) is 8.78 Å². The van der Waals surface area contributed by atoms with E-state index in [1.165, 1.54) is 17.7 Å². The maximum atomic E-state index is 14.7. The lowest BCUT2D eigenvalue weighted by Crippen LogP contribution is -3.00. The second-order valence-corrected chi connectivity index (χ2v) is 11.9. The zero-order valence-corrected chi connectivity index (χ0v) is 27.1. The van der Waals surface area contributed by atoms with Gasteiger partial charge in [0.05, 0.1) is 35.4 Å². The number of fused-ring (bicyclic) bond motifs is 6. The Balaban J connectivity index is 0.00000364. The van der Waals surface area contributed by atoms with Crippen molar-refractivity contribution in [2.24, 2.45) is 0 Å². The number of rotatable bonds is 10. The molecule has 0 fully saturated rings. The van der Waals surface area contributed by atoms with Crippen LogP contribution in [-0.2, 0) is 26.1 Å². The normalized spacial score (nSPS) is 13.0. The molecule has 0 unspecified atom stereocenters. The average Bonchev–Trinajstić information content (AvgIpc) is 3.73. The van der Waals surface area contributed by atoms with E-state index in [-0.39, 0.29) is 19.2 Å². The predicted octanol–water partition coefficient (Wildman–Crippen LogP) is 3.30. The third-order valence-electron chi connectivity index (χ3n) is 9.04. The summed E-state index contributed by atoms with van der Waals surface area (Å²) in [7, 11) is 1.64. The molecule has 2 aliphatic heterocycles. The van der Waals surface area contributed by atoms with Crippen molar-refractivity contribution in [1.82, 2.24) is 14.5 Å². The highest BCUT2D eigenvalue weighted by Gasteiger charge is 2.29. The Morgan fingerprint density at radius 1 is 0.979 bits per heavy atom. The van der Waals surface area contributed by atoms with Crippen molar-refractivity contribution in [2.45, 2.75) is 26.1 Å². The summed E-state index contributed by atoms with van der Waals surface area (Å²) >= 11 is 0. The average molecular weight is 671 g/mol. The van der Waals surface area contributed by atoms with Crippen molar-refractivity contribution in [2.75, 3.05) is 33.6 Å². The van der Waals surface area contributed by atoms with Gasteiger partial charge in [0.1, 0.15) is 18.2 Å². The fourth-order valence-electron chi connectivity index (χ4n) is 6.58. The number of hydrogen-bond acceptors (Lipinski definition) is 6. The lowest BCUT2D eigenvalue weighted by Gasteiger charge is -2.24. The summed E-state index contributed by atoms with van der Waals surface area (Å²) in [6, 6.07) is 22.0. The molecule has 6 aromatic rings. The molecule has 8 rings (SSSR count). The Labute approximate surface area is 282 Å². The zero-order valence-electron chi connectivity index (χ0n) is 26.3. The van der Waals surface area contributed by atoms with Crippen LogP contribution in [-0.4, -0.2) is 48.1 Å². The first-order valence-electron chi connectivity index (χ1n) is 15.7. The minimum atomic E-state index is -0.594. The molecular formula is C37H33ClF2N4O4. The zero-order chi connectivity index (χ0) is 31.9. The number of nitrogens with zero attached hydrogens (tertiary/aromatic N) is 4. The first kappa shape index (κ1) is 31.7. The number of methoxy groups -OCH3 is 1. The van der Waals surface area contributed by atoms with Crippen LogP contribution in [0.5, 0.6) is 23.0 Å². The number of halogens is 3. The van der Waals surface area contributed by atoms with Crippen molar-refractivity contribution in [3.8, 4) is 34.3 Å². The van der Waals surface area contributed by atoms with Crippen molar-refractivity contribution >= 4 is 21.8 Å². The van der Waals surface area contributed by atoms with Crippen LogP contribution in [0.4, 0.5) is 8.78 Å². The van der Waals surface area contributed by atoms with Gasteiger partial charge >= 0.3 is 0 Å². The molecule has 0 spiro atoms. The van der Waals surface area contributed by atoms with Crippen LogP contribution in [0, 0.1) is 11.6 Å². The third-order valence-corrected chi connectivity index (χ3v) is 9.04. The maximum Gasteiger partial charge on any atom is 0.231 e. The van der Waals surface area contributed by atoms with E-state index in [0.717, 1.165) is 63.6 Å². The molecule has 2 aliphatic rings. The molecule has 0 saturated carbocycles. The molecule has 48 heavy (non-hydrogen) atoms. The van der Waals surface area contributed by atoms with Gasteiger partial charge in [0.15, 0.2) is 35.7 Å². The van der Waals surface area contributed by atoms with E-state index in [2.05, 4.69) is 43.4 Å². The van der Waals surface area contributed by atoms with Gasteiger partial charge in [-0.3, -0.25) is 4.90 Å². The molecule has 4 aromatic carbocycles. The smallest absolute Gasteiger partial charge is 0.231 e. The SMILES string of the molecule is COc1ccc2cc3[n+](cc2c1OCCN(CCn1cnc2ccccc21)Cc1ccc(F)cc1F)CCc1cc2c(cc1-3)OCO2.[Cl-]. The lowest BCUT2D eigenvalue weighted by atomic mass is 9.95. The molecule has 0 bridgehead atoms. The van der Waals surface area contributed by atoms with E-state index in [1.807, 2.05) is 42.7 Å². The fourth-order valence-corrected chi connectivity index (χ4v) is 6.58. The number of para-hydroxylation sites is 2. The number of aryl methyl sites for hydroxylation is 2. The highest BCUT2D eigenvalue weighted by Crippen LogP contribution is 2.41. The topological polar surface area (TPSA) is 61.9 Å². The Hall–Kier alpha value is -4.93. The summed E-state index contributed by atoms with van der Waals surface area (Å²) in [6.45, 7) is 3.44. The Morgan fingerprint density at radius 3 is 2.69 bits per heavy atom. The maximum absolute atomic E-state index is 14.7. The summed E-state index contributed by atoms with van der Waals surface area (Å²) < 4.78 is 56.3. The summed E-state index contributed by atoms with van der Waals surface area (Å²) in [4.78, 5) is 6.61. The minimum Gasteiger partial charge on any atom is -1.00 e. The van der Waals surface area contributed by atoms with E-state index in [4.69, 9.17) is 18.9 Å². The van der Waals surface area contributed by atoms with Crippen LogP contribution >= 0.6 is 0 Å². The van der Waals surface area contributed by atoms with Crippen molar-refractivity contribution in [3.63, 3.8) is 0 Å². The first-order valence-corrected chi connectivity index (χ1v) is 15.7. The monoisotopic (exact) mass is 670 g/mol. The molecule has 0 saturated heterocycles. The van der Waals surface area contributed by atoms with Crippen LogP contribution in [0.15, 0.2) is 85.3 Å². The van der Waals surface area contributed by atoms with E-state index >= 15 is 0 Å². The molecule has 246 valence electrons. The van der Waals surface area contributed by atoms with E-state index in [1.54, 1.807) is 7.11 Å². The summed E-state index contributed by atoms with van der Waals surface area (Å²) in [5.41, 5.74) is 5.86. The molecule has 2 aromatic heterocycles. The number of aromatic nitrogens is 3. The van der Waals surface area contributed by atoms with Crippen LogP contribution in [0.3, 0.4) is 0 Å². The molecule has 0 N–H and O–H groups in total. The molecular weight excluding hydrogens is 638 g/mol. The van der Waals surface area contributed by atoms with E-state index < -0.39 is 11.6 Å². The third kappa shape index (κ3) is 5.97. The largest absolute Gasteiger partial charge is 1.00 e. The highest BCUT2D eigenvalue weighted by molar-refractivity contribution is 5.91. The van der Waals surface area contributed by atoms with Crippen LogP contribution in [0.25, 0.3) is 33.1 Å². The summed E-state index contributed by atoms with van der Waals surface area (Å²) in [6.07, 6.45) is 4.83. The fraction of sp³-hybridized carbons (Fsp3) is 0.243. The Morgan fingerprint density at radius 2 is 1.83 bits per heavy atom. The predicted molar refractivity (Wildman–Crippen MR) is 173 cm³/mol. The summed E-state index contributed by atoms with van der Waals surface area (Å²) in [5.74, 6) is 1.70. The molecule has 11 heteroatoms. The Bertz CT molecular complexity index is 2140. The minimum absolute atomic E-state index is 0. The van der Waals surface area contributed by atoms with Crippen LogP contribution in [0.1, 0.15) is 11.1 Å². The van der Waals surface area contributed by atoms with Gasteiger partial charge in [-0.1, -0.05) is 18.2 Å². The van der Waals surface area contributed by atoms with Gasteiger partial charge in [-0.05, 0) is 53.4 Å². The molecule has 0 radical (unpaired) electrons. The molecule has 0 amide bonds.